The number of hydrogen-bond acceptors (Lipinski definition) is 6. The molecule has 0 saturated carbocycles. The summed E-state index contributed by atoms with van der Waals surface area (Å²) < 4.78 is 16.5. The van der Waals surface area contributed by atoms with Crippen molar-refractivity contribution < 1.29 is 23.6 Å². The van der Waals surface area contributed by atoms with E-state index >= 15 is 0 Å². The zero-order valence-electron chi connectivity index (χ0n) is 15.1. The summed E-state index contributed by atoms with van der Waals surface area (Å²) in [6.45, 7) is 3.56. The van der Waals surface area contributed by atoms with Crippen molar-refractivity contribution in [3.05, 3.63) is 35.9 Å². The Morgan fingerprint density at radius 1 is 1.41 bits per heavy atom. The third-order valence-electron chi connectivity index (χ3n) is 4.70. The third kappa shape index (κ3) is 3.77. The van der Waals surface area contributed by atoms with Gasteiger partial charge in [-0.1, -0.05) is 30.3 Å². The largest absolute Gasteiger partial charge is 0.351 e. The fourth-order valence-corrected chi connectivity index (χ4v) is 7.16. The highest BCUT2D eigenvalue weighted by molar-refractivity contribution is 8.02. The monoisotopic (exact) mass is 435 g/mol. The van der Waals surface area contributed by atoms with Crippen LogP contribution in [0, 0.1) is 0 Å². The van der Waals surface area contributed by atoms with Crippen LogP contribution in [-0.2, 0) is 18.7 Å². The summed E-state index contributed by atoms with van der Waals surface area (Å²) in [4.78, 5) is 36.5. The summed E-state index contributed by atoms with van der Waals surface area (Å²) in [6, 6.07) is 7.19. The lowest BCUT2D eigenvalue weighted by atomic mass is 10.0. The van der Waals surface area contributed by atoms with Crippen LogP contribution in [0.3, 0.4) is 0 Å². The van der Waals surface area contributed by atoms with Crippen LogP contribution in [0.1, 0.15) is 25.5 Å². The number of hydrogen-bond donors (Lipinski definition) is 3. The zero-order chi connectivity index (χ0) is 19.3. The van der Waals surface area contributed by atoms with E-state index in [9.17, 15) is 19.0 Å². The molecule has 1 aromatic carbocycles. The molecule has 5 atom stereocenters. The molecule has 27 heavy (non-hydrogen) atoms. The van der Waals surface area contributed by atoms with Crippen LogP contribution in [0.5, 0.6) is 0 Å². The highest BCUT2D eigenvalue weighted by Gasteiger charge is 2.67. The van der Waals surface area contributed by atoms with E-state index in [1.165, 1.54) is 16.7 Å². The van der Waals surface area contributed by atoms with Crippen LogP contribution in [0.15, 0.2) is 30.3 Å². The molecular formula is C16H23ClN3O5PS. The van der Waals surface area contributed by atoms with Crippen molar-refractivity contribution >= 4 is 43.6 Å². The first-order valence-electron chi connectivity index (χ1n) is 8.09. The molecule has 2 aliphatic rings. The Hall–Kier alpha value is -1.09. The Labute approximate surface area is 168 Å². The van der Waals surface area contributed by atoms with Crippen LogP contribution < -0.4 is 11.1 Å². The van der Waals surface area contributed by atoms with Gasteiger partial charge in [0.1, 0.15) is 23.2 Å². The molecule has 150 valence electrons. The van der Waals surface area contributed by atoms with Crippen molar-refractivity contribution in [1.29, 1.82) is 0 Å². The molecule has 11 heteroatoms. The maximum Gasteiger partial charge on any atom is 0.351 e. The molecule has 2 aliphatic heterocycles. The number of amides is 2. The van der Waals surface area contributed by atoms with E-state index in [-0.39, 0.29) is 12.4 Å². The van der Waals surface area contributed by atoms with Gasteiger partial charge in [-0.05, 0) is 19.4 Å². The first-order chi connectivity index (χ1) is 12.1. The summed E-state index contributed by atoms with van der Waals surface area (Å²) in [5.74, 6) is -1.83. The van der Waals surface area contributed by atoms with Crippen molar-refractivity contribution in [1.82, 2.24) is 10.2 Å². The topological polar surface area (TPSA) is 122 Å². The van der Waals surface area contributed by atoms with E-state index in [0.29, 0.717) is 5.56 Å². The van der Waals surface area contributed by atoms with Crippen LogP contribution in [0.4, 0.5) is 0 Å². The number of halogens is 1. The number of rotatable bonds is 5. The van der Waals surface area contributed by atoms with E-state index < -0.39 is 47.4 Å². The first kappa shape index (κ1) is 22.2. The zero-order valence-corrected chi connectivity index (χ0v) is 17.6. The molecule has 0 bridgehead atoms. The molecule has 0 aromatic heterocycles. The predicted octanol–water partition coefficient (Wildman–Crippen LogP) is 1.44. The van der Waals surface area contributed by atoms with Crippen LogP contribution in [-0.4, -0.2) is 50.7 Å². The number of nitrogens with zero attached hydrogens (tertiary/aromatic N) is 1. The minimum atomic E-state index is -4.00. The van der Waals surface area contributed by atoms with Crippen molar-refractivity contribution in [3.8, 4) is 0 Å². The number of fused-ring (bicyclic) bond motifs is 1. The predicted molar refractivity (Wildman–Crippen MR) is 105 cm³/mol. The number of carbonyl (C=O) groups excluding carboxylic acids is 2. The second-order valence-corrected chi connectivity index (χ2v) is 10.6. The van der Waals surface area contributed by atoms with E-state index in [0.717, 1.165) is 7.11 Å². The minimum Gasteiger partial charge on any atom is -0.340 e. The molecule has 0 aliphatic carbocycles. The summed E-state index contributed by atoms with van der Waals surface area (Å²) >= 11 is 1.37. The number of nitrogens with two attached hydrogens (primary N) is 1. The Morgan fingerprint density at radius 2 is 2.00 bits per heavy atom. The lowest BCUT2D eigenvalue weighted by Crippen LogP contribution is -2.69. The maximum absolute atomic E-state index is 12.6. The summed E-state index contributed by atoms with van der Waals surface area (Å²) in [6.07, 6.45) is 0. The van der Waals surface area contributed by atoms with Gasteiger partial charge in [0.15, 0.2) is 0 Å². The smallest absolute Gasteiger partial charge is 0.340 e. The van der Waals surface area contributed by atoms with Crippen molar-refractivity contribution in [2.45, 2.75) is 41.8 Å². The molecule has 8 nitrogen and oxygen atoms in total. The van der Waals surface area contributed by atoms with E-state index in [4.69, 9.17) is 10.3 Å². The highest BCUT2D eigenvalue weighted by Crippen LogP contribution is 2.64. The fraction of sp³-hybridized carbons (Fsp3) is 0.500. The van der Waals surface area contributed by atoms with Gasteiger partial charge in [-0.2, -0.15) is 0 Å². The molecule has 2 heterocycles. The molecule has 3 rings (SSSR count). The number of carbonyl (C=O) groups is 2. The summed E-state index contributed by atoms with van der Waals surface area (Å²) in [7, 11) is -2.85. The molecule has 4 N–H and O–H groups in total. The number of nitrogens with one attached hydrogen (secondary N) is 1. The maximum atomic E-state index is 12.6. The fourth-order valence-electron chi connectivity index (χ4n) is 3.42. The van der Waals surface area contributed by atoms with Gasteiger partial charge >= 0.3 is 7.60 Å². The van der Waals surface area contributed by atoms with Crippen molar-refractivity contribution in [2.75, 3.05) is 7.11 Å². The first-order valence-corrected chi connectivity index (χ1v) is 10.6. The summed E-state index contributed by atoms with van der Waals surface area (Å²) in [5.41, 5.74) is 6.61. The normalized spacial score (nSPS) is 29.0. The van der Waals surface area contributed by atoms with Gasteiger partial charge < -0.3 is 25.4 Å². The van der Waals surface area contributed by atoms with Gasteiger partial charge in [0.05, 0.1) is 0 Å². The van der Waals surface area contributed by atoms with Crippen LogP contribution >= 0.6 is 31.8 Å². The van der Waals surface area contributed by atoms with Crippen LogP contribution in [0.25, 0.3) is 0 Å². The lowest BCUT2D eigenvalue weighted by Gasteiger charge is -2.45. The van der Waals surface area contributed by atoms with Gasteiger partial charge in [0.2, 0.25) is 11.8 Å². The van der Waals surface area contributed by atoms with Crippen molar-refractivity contribution in [2.24, 2.45) is 5.73 Å². The van der Waals surface area contributed by atoms with Gasteiger partial charge in [-0.25, -0.2) is 0 Å². The molecule has 0 spiro atoms. The number of benzene rings is 1. The van der Waals surface area contributed by atoms with E-state index in [2.05, 4.69) is 5.32 Å². The van der Waals surface area contributed by atoms with Gasteiger partial charge in [0, 0.05) is 11.9 Å². The Balaban J connectivity index is 0.00000261. The molecule has 1 aromatic rings. The average molecular weight is 436 g/mol. The standard InChI is InChI=1S/C16H22N3O5PS.ClH/c1-16(2)15(25(22,23)24-3)19-13(21)11(14(19)26-16)18-12(20)10(17)9-7-5-4-6-8-9;/h4-8,10-11,14-15H,17H2,1-3H3,(H,18,20)(H,22,23);1H/t10?,11?,14-,15?;/m0./s1. The quantitative estimate of drug-likeness (QED) is 0.472. The highest BCUT2D eigenvalue weighted by atomic mass is 35.5. The molecule has 4 unspecified atom stereocenters. The molecule has 2 fully saturated rings. The van der Waals surface area contributed by atoms with Gasteiger partial charge in [0.25, 0.3) is 0 Å². The second kappa shape index (κ2) is 7.73. The molecule has 2 saturated heterocycles. The SMILES string of the molecule is COP(=O)(O)C1N2C(=O)C(NC(=O)C(N)c3ccccc3)[C@@H]2SC1(C)C.Cl. The Bertz CT molecular complexity index is 781. The molecular weight excluding hydrogens is 413 g/mol. The number of thioether (sulfide) groups is 1. The second-order valence-electron chi connectivity index (χ2n) is 6.85. The van der Waals surface area contributed by atoms with Crippen molar-refractivity contribution in [3.63, 3.8) is 0 Å². The average Bonchev–Trinajstić information content (AvgIpc) is 2.88. The van der Waals surface area contributed by atoms with E-state index in [1.54, 1.807) is 38.1 Å². The van der Waals surface area contributed by atoms with Gasteiger partial charge in [-0.3, -0.25) is 14.2 Å². The Morgan fingerprint density at radius 3 is 2.56 bits per heavy atom. The lowest BCUT2D eigenvalue weighted by molar-refractivity contribution is -0.149. The molecule has 2 amide bonds. The number of β-lactam (4-membered cyclic amide) rings is 1. The van der Waals surface area contributed by atoms with Crippen LogP contribution in [0.2, 0.25) is 0 Å². The van der Waals surface area contributed by atoms with Gasteiger partial charge in [-0.15, -0.1) is 24.2 Å². The van der Waals surface area contributed by atoms with E-state index in [1.807, 2.05) is 6.07 Å². The molecule has 0 radical (unpaired) electrons. The third-order valence-corrected chi connectivity index (χ3v) is 8.48. The Kier molecular flexibility index (Phi) is 6.36. The summed E-state index contributed by atoms with van der Waals surface area (Å²) in [5, 5.41) is 2.25. The minimum absolute atomic E-state index is 0.